The van der Waals surface area contributed by atoms with Gasteiger partial charge in [0.1, 0.15) is 0 Å². The number of nitrogens with zero attached hydrogens (tertiary/aromatic N) is 1. The Bertz CT molecular complexity index is 209. The molecule has 0 N–H and O–H groups in total. The van der Waals surface area contributed by atoms with Gasteiger partial charge >= 0.3 is 0 Å². The molecule has 3 heteroatoms. The fourth-order valence-corrected chi connectivity index (χ4v) is 3.26. The van der Waals surface area contributed by atoms with Gasteiger partial charge in [-0.2, -0.15) is 0 Å². The maximum Gasteiger partial charge on any atom is 0.0716 e. The van der Waals surface area contributed by atoms with Crippen molar-refractivity contribution < 1.29 is 9.47 Å². The molecule has 3 atom stereocenters. The van der Waals surface area contributed by atoms with Crippen molar-refractivity contribution in [1.82, 2.24) is 4.90 Å². The largest absolute Gasteiger partial charge is 0.383 e. The molecule has 0 spiro atoms. The van der Waals surface area contributed by atoms with Crippen LogP contribution in [0.15, 0.2) is 0 Å². The maximum atomic E-state index is 5.46. The summed E-state index contributed by atoms with van der Waals surface area (Å²) < 4.78 is 10.8. The van der Waals surface area contributed by atoms with Gasteiger partial charge in [0.15, 0.2) is 0 Å². The molecule has 0 radical (unpaired) electrons. The molecule has 2 aliphatic rings. The predicted molar refractivity (Wildman–Crippen MR) is 55.4 cm³/mol. The van der Waals surface area contributed by atoms with E-state index in [-0.39, 0.29) is 5.54 Å². The van der Waals surface area contributed by atoms with Crippen LogP contribution in [0.2, 0.25) is 0 Å². The van der Waals surface area contributed by atoms with Crippen LogP contribution < -0.4 is 0 Å². The number of rotatable bonds is 3. The van der Waals surface area contributed by atoms with Crippen molar-refractivity contribution in [3.8, 4) is 0 Å². The number of fused-ring (bicyclic) bond motifs is 1. The summed E-state index contributed by atoms with van der Waals surface area (Å²) in [5.41, 5.74) is 0.287. The van der Waals surface area contributed by atoms with E-state index in [4.69, 9.17) is 9.47 Å². The first-order valence-electron chi connectivity index (χ1n) is 5.47. The Morgan fingerprint density at radius 1 is 1.29 bits per heavy atom. The van der Waals surface area contributed by atoms with Crippen molar-refractivity contribution in [3.05, 3.63) is 0 Å². The lowest BCUT2D eigenvalue weighted by atomic mass is 9.91. The maximum absolute atomic E-state index is 5.46. The molecule has 0 aromatic rings. The van der Waals surface area contributed by atoms with Crippen molar-refractivity contribution in [2.24, 2.45) is 5.92 Å². The van der Waals surface area contributed by atoms with Crippen LogP contribution in [0.3, 0.4) is 0 Å². The lowest BCUT2D eigenvalue weighted by molar-refractivity contribution is 0.0627. The minimum Gasteiger partial charge on any atom is -0.383 e. The second kappa shape index (κ2) is 3.80. The molecule has 82 valence electrons. The summed E-state index contributed by atoms with van der Waals surface area (Å²) >= 11 is 0. The highest BCUT2D eigenvalue weighted by Crippen LogP contribution is 2.42. The monoisotopic (exact) mass is 199 g/mol. The zero-order valence-corrected chi connectivity index (χ0v) is 9.45. The second-order valence-corrected chi connectivity index (χ2v) is 4.93. The normalized spacial score (nSPS) is 43.1. The summed E-state index contributed by atoms with van der Waals surface area (Å²) in [6.45, 7) is 5.49. The third kappa shape index (κ3) is 1.58. The lowest BCUT2D eigenvalue weighted by Gasteiger charge is -2.30. The zero-order valence-electron chi connectivity index (χ0n) is 9.45. The van der Waals surface area contributed by atoms with Crippen LogP contribution in [-0.2, 0) is 9.47 Å². The van der Waals surface area contributed by atoms with Gasteiger partial charge in [0.25, 0.3) is 0 Å². The Kier molecular flexibility index (Phi) is 2.82. The minimum atomic E-state index is 0.287. The fraction of sp³-hybridized carbons (Fsp3) is 1.00. The molecular weight excluding hydrogens is 178 g/mol. The van der Waals surface area contributed by atoms with Crippen molar-refractivity contribution in [3.63, 3.8) is 0 Å². The van der Waals surface area contributed by atoms with Crippen LogP contribution in [0.5, 0.6) is 0 Å². The summed E-state index contributed by atoms with van der Waals surface area (Å²) in [5, 5.41) is 0. The van der Waals surface area contributed by atoms with Gasteiger partial charge in [-0.1, -0.05) is 6.92 Å². The number of hydrogen-bond acceptors (Lipinski definition) is 3. The lowest BCUT2D eigenvalue weighted by Crippen LogP contribution is -2.42. The van der Waals surface area contributed by atoms with Crippen LogP contribution >= 0.6 is 0 Å². The van der Waals surface area contributed by atoms with Crippen LogP contribution in [-0.4, -0.2) is 50.5 Å². The highest BCUT2D eigenvalue weighted by molar-refractivity contribution is 5.05. The van der Waals surface area contributed by atoms with Gasteiger partial charge < -0.3 is 9.47 Å². The molecular formula is C11H21NO2. The molecule has 14 heavy (non-hydrogen) atoms. The predicted octanol–water partition coefficient (Wildman–Crippen LogP) is 1.13. The molecule has 2 fully saturated rings. The molecule has 2 saturated heterocycles. The van der Waals surface area contributed by atoms with Crippen molar-refractivity contribution in [2.45, 2.75) is 31.4 Å². The van der Waals surface area contributed by atoms with E-state index in [1.54, 1.807) is 7.11 Å². The highest BCUT2D eigenvalue weighted by Gasteiger charge is 2.50. The average Bonchev–Trinajstić information content (AvgIpc) is 2.57. The van der Waals surface area contributed by atoms with E-state index in [0.717, 1.165) is 25.5 Å². The Morgan fingerprint density at radius 3 is 2.71 bits per heavy atom. The van der Waals surface area contributed by atoms with E-state index < -0.39 is 0 Å². The van der Waals surface area contributed by atoms with Crippen molar-refractivity contribution >= 4 is 0 Å². The van der Waals surface area contributed by atoms with E-state index in [2.05, 4.69) is 11.8 Å². The Hall–Kier alpha value is -0.120. The SMILES string of the molecule is COCC12CC(C)CN1C[C@@H](OC)C2. The summed E-state index contributed by atoms with van der Waals surface area (Å²) in [6.07, 6.45) is 2.82. The third-order valence-corrected chi connectivity index (χ3v) is 3.71. The molecule has 2 heterocycles. The average molecular weight is 199 g/mol. The standard InChI is InChI=1S/C11H21NO2/c1-9-4-11(8-13-2)5-10(14-3)7-12(11)6-9/h9-10H,4-8H2,1-3H3/t9?,10-,11?/m0/s1. The quantitative estimate of drug-likeness (QED) is 0.680. The van der Waals surface area contributed by atoms with Crippen molar-refractivity contribution in [2.75, 3.05) is 33.9 Å². The van der Waals surface area contributed by atoms with Gasteiger partial charge in [0.2, 0.25) is 0 Å². The van der Waals surface area contributed by atoms with E-state index in [1.807, 2.05) is 7.11 Å². The minimum absolute atomic E-state index is 0.287. The van der Waals surface area contributed by atoms with Crippen LogP contribution in [0.1, 0.15) is 19.8 Å². The molecule has 0 aliphatic carbocycles. The molecule has 2 unspecified atom stereocenters. The summed E-state index contributed by atoms with van der Waals surface area (Å²) in [7, 11) is 3.62. The molecule has 0 aromatic carbocycles. The molecule has 2 aliphatic heterocycles. The first kappa shape index (κ1) is 10.4. The second-order valence-electron chi connectivity index (χ2n) is 4.93. The van der Waals surface area contributed by atoms with E-state index >= 15 is 0 Å². The van der Waals surface area contributed by atoms with Crippen LogP contribution in [0.25, 0.3) is 0 Å². The van der Waals surface area contributed by atoms with Gasteiger partial charge in [-0.3, -0.25) is 4.90 Å². The molecule has 0 bridgehead atoms. The summed E-state index contributed by atoms with van der Waals surface area (Å²) in [6, 6.07) is 0. The Labute approximate surface area is 86.4 Å². The summed E-state index contributed by atoms with van der Waals surface area (Å²) in [5.74, 6) is 0.808. The summed E-state index contributed by atoms with van der Waals surface area (Å²) in [4.78, 5) is 2.56. The van der Waals surface area contributed by atoms with Gasteiger partial charge in [-0.25, -0.2) is 0 Å². The molecule has 3 nitrogen and oxygen atoms in total. The van der Waals surface area contributed by atoms with Crippen LogP contribution in [0.4, 0.5) is 0 Å². The first-order valence-corrected chi connectivity index (χ1v) is 5.47. The van der Waals surface area contributed by atoms with E-state index in [1.165, 1.54) is 13.0 Å². The Morgan fingerprint density at radius 2 is 2.07 bits per heavy atom. The molecule has 2 rings (SSSR count). The smallest absolute Gasteiger partial charge is 0.0716 e. The topological polar surface area (TPSA) is 21.7 Å². The van der Waals surface area contributed by atoms with Gasteiger partial charge in [-0.05, 0) is 18.8 Å². The third-order valence-electron chi connectivity index (χ3n) is 3.71. The fourth-order valence-electron chi connectivity index (χ4n) is 3.26. The number of ether oxygens (including phenoxy) is 2. The van der Waals surface area contributed by atoms with Gasteiger partial charge in [0.05, 0.1) is 12.7 Å². The van der Waals surface area contributed by atoms with Crippen molar-refractivity contribution in [1.29, 1.82) is 0 Å². The first-order chi connectivity index (χ1) is 6.70. The zero-order chi connectivity index (χ0) is 10.2. The molecule has 0 aromatic heterocycles. The molecule has 0 amide bonds. The number of methoxy groups -OCH3 is 2. The van der Waals surface area contributed by atoms with E-state index in [0.29, 0.717) is 6.10 Å². The number of hydrogen-bond donors (Lipinski definition) is 0. The molecule has 0 saturated carbocycles. The Balaban J connectivity index is 2.09. The van der Waals surface area contributed by atoms with Gasteiger partial charge in [-0.15, -0.1) is 0 Å². The van der Waals surface area contributed by atoms with Gasteiger partial charge in [0, 0.05) is 32.8 Å². The van der Waals surface area contributed by atoms with Crippen LogP contribution in [0, 0.1) is 5.92 Å². The highest BCUT2D eigenvalue weighted by atomic mass is 16.5. The van der Waals surface area contributed by atoms with E-state index in [9.17, 15) is 0 Å².